The van der Waals surface area contributed by atoms with Crippen LogP contribution >= 0.6 is 54.8 Å². The van der Waals surface area contributed by atoms with Crippen molar-refractivity contribution < 1.29 is 12.8 Å². The van der Waals surface area contributed by atoms with Crippen LogP contribution in [0.3, 0.4) is 0 Å². The van der Waals surface area contributed by atoms with E-state index in [0.717, 1.165) is 11.3 Å². The zero-order valence-corrected chi connectivity index (χ0v) is 14.5. The van der Waals surface area contributed by atoms with Crippen LogP contribution in [0.15, 0.2) is 36.7 Å². The van der Waals surface area contributed by atoms with Gasteiger partial charge in [-0.3, -0.25) is 4.72 Å². The Kier molecular flexibility index (Phi) is 4.56. The lowest BCUT2D eigenvalue weighted by atomic mass is 10.3. The predicted molar refractivity (Wildman–Crippen MR) is 81.9 cm³/mol. The number of benzene rings is 1. The van der Waals surface area contributed by atoms with E-state index in [2.05, 4.69) is 36.6 Å². The van der Waals surface area contributed by atoms with Gasteiger partial charge in [-0.1, -0.05) is 11.6 Å². The van der Waals surface area contributed by atoms with Crippen LogP contribution in [0.25, 0.3) is 0 Å². The van der Waals surface area contributed by atoms with Crippen LogP contribution in [-0.4, -0.2) is 8.42 Å². The van der Waals surface area contributed by atoms with Crippen molar-refractivity contribution in [3.05, 3.63) is 43.4 Å². The lowest BCUT2D eigenvalue weighted by Gasteiger charge is -2.08. The number of sulfonamides is 1. The summed E-state index contributed by atoms with van der Waals surface area (Å²) >= 11 is 13.0. The molecule has 0 bridgehead atoms. The molecule has 2 rings (SSSR count). The Morgan fingerprint density at radius 3 is 2.47 bits per heavy atom. The van der Waals surface area contributed by atoms with Gasteiger partial charge in [-0.15, -0.1) is 11.3 Å². The number of thiophene rings is 1. The zero-order valence-electron chi connectivity index (χ0n) is 8.95. The fourth-order valence-electron chi connectivity index (χ4n) is 1.23. The highest BCUT2D eigenvalue weighted by molar-refractivity contribution is 9.11. The molecule has 3 nitrogen and oxygen atoms in total. The van der Waals surface area contributed by atoms with Gasteiger partial charge in [0.25, 0.3) is 10.0 Å². The van der Waals surface area contributed by atoms with Gasteiger partial charge in [-0.25, -0.2) is 12.8 Å². The second-order valence-electron chi connectivity index (χ2n) is 3.42. The Labute approximate surface area is 135 Å². The number of hydrogen-bond acceptors (Lipinski definition) is 3. The van der Waals surface area contributed by atoms with Crippen LogP contribution in [-0.2, 0) is 10.0 Å². The van der Waals surface area contributed by atoms with Crippen LogP contribution in [0.2, 0.25) is 5.02 Å². The van der Waals surface area contributed by atoms with Crippen LogP contribution in [0.5, 0.6) is 0 Å². The first-order valence-corrected chi connectivity index (χ1v) is 8.98. The third-order valence-electron chi connectivity index (χ3n) is 2.06. The van der Waals surface area contributed by atoms with Crippen LogP contribution < -0.4 is 4.72 Å². The number of nitrogens with one attached hydrogen (secondary N) is 1. The van der Waals surface area contributed by atoms with Crippen LogP contribution in [0.1, 0.15) is 0 Å². The van der Waals surface area contributed by atoms with Crippen molar-refractivity contribution in [3.63, 3.8) is 0 Å². The number of halogens is 4. The number of anilines is 1. The lowest BCUT2D eigenvalue weighted by Crippen LogP contribution is -2.11. The molecule has 0 amide bonds. The maximum atomic E-state index is 12.9. The average Bonchev–Trinajstić information content (AvgIpc) is 2.64. The van der Waals surface area contributed by atoms with Crippen molar-refractivity contribution in [1.29, 1.82) is 0 Å². The van der Waals surface area contributed by atoms with Gasteiger partial charge in [0.05, 0.1) is 14.5 Å². The number of rotatable bonds is 3. The smallest absolute Gasteiger partial charge is 0.271 e. The average molecular weight is 450 g/mol. The van der Waals surface area contributed by atoms with Crippen molar-refractivity contribution in [1.82, 2.24) is 0 Å². The van der Waals surface area contributed by atoms with Gasteiger partial charge in [-0.2, -0.15) is 0 Å². The summed E-state index contributed by atoms with van der Waals surface area (Å²) in [5.74, 6) is -0.461. The summed E-state index contributed by atoms with van der Waals surface area (Å²) in [7, 11) is -3.75. The minimum Gasteiger partial charge on any atom is -0.278 e. The van der Waals surface area contributed by atoms with E-state index >= 15 is 0 Å². The highest BCUT2D eigenvalue weighted by Crippen LogP contribution is 2.36. The van der Waals surface area contributed by atoms with Crippen molar-refractivity contribution in [2.24, 2.45) is 0 Å². The van der Waals surface area contributed by atoms with E-state index in [1.54, 1.807) is 0 Å². The van der Waals surface area contributed by atoms with Gasteiger partial charge in [0.2, 0.25) is 0 Å². The second kappa shape index (κ2) is 5.69. The molecular weight excluding hydrogens is 445 g/mol. The third kappa shape index (κ3) is 3.49. The molecule has 0 aliphatic rings. The maximum absolute atomic E-state index is 12.9. The van der Waals surface area contributed by atoms with Gasteiger partial charge in [0, 0.05) is 4.47 Å². The molecule has 0 spiro atoms. The van der Waals surface area contributed by atoms with Crippen LogP contribution in [0, 0.1) is 5.82 Å². The molecule has 0 atom stereocenters. The second-order valence-corrected chi connectivity index (χ2v) is 8.96. The van der Waals surface area contributed by atoms with Crippen LogP contribution in [0.4, 0.5) is 10.1 Å². The van der Waals surface area contributed by atoms with Gasteiger partial charge >= 0.3 is 0 Å². The standard InChI is InChI=1S/C10H5Br2ClFNO2S2/c11-6-3-5(14)1-2-8(6)15-19(16,17)9-4-7(13)10(12)18-9/h1-4,15H. The highest BCUT2D eigenvalue weighted by atomic mass is 79.9. The summed E-state index contributed by atoms with van der Waals surface area (Å²) in [5.41, 5.74) is 0.252. The molecule has 2 aromatic rings. The molecule has 1 aromatic heterocycles. The first-order valence-electron chi connectivity index (χ1n) is 4.72. The molecule has 1 aromatic carbocycles. The first kappa shape index (κ1) is 15.2. The van der Waals surface area contributed by atoms with E-state index in [1.165, 1.54) is 24.3 Å². The minimum absolute atomic E-state index is 0.0700. The molecule has 0 unspecified atom stereocenters. The molecule has 9 heteroatoms. The number of hydrogen-bond donors (Lipinski definition) is 1. The van der Waals surface area contributed by atoms with Crippen molar-refractivity contribution in [2.45, 2.75) is 4.21 Å². The molecule has 0 saturated carbocycles. The molecule has 102 valence electrons. The summed E-state index contributed by atoms with van der Waals surface area (Å²) in [5, 5.41) is 0.323. The summed E-state index contributed by atoms with van der Waals surface area (Å²) in [6.45, 7) is 0. The molecule has 1 N–H and O–H groups in total. The monoisotopic (exact) mass is 447 g/mol. The van der Waals surface area contributed by atoms with Crippen molar-refractivity contribution in [2.75, 3.05) is 4.72 Å². The Balaban J connectivity index is 2.36. The highest BCUT2D eigenvalue weighted by Gasteiger charge is 2.20. The minimum atomic E-state index is -3.75. The van der Waals surface area contributed by atoms with Gasteiger partial charge in [0.15, 0.2) is 0 Å². The molecule has 0 fully saturated rings. The molecule has 1 heterocycles. The largest absolute Gasteiger partial charge is 0.278 e. The third-order valence-corrected chi connectivity index (χ3v) is 7.03. The summed E-state index contributed by atoms with van der Waals surface area (Å²) in [6, 6.07) is 5.02. The Morgan fingerprint density at radius 2 is 1.95 bits per heavy atom. The maximum Gasteiger partial charge on any atom is 0.271 e. The predicted octanol–water partition coefficient (Wildman–Crippen LogP) is 4.87. The van der Waals surface area contributed by atoms with E-state index in [4.69, 9.17) is 11.6 Å². The molecule has 0 aliphatic heterocycles. The van der Waals surface area contributed by atoms with Crippen molar-refractivity contribution in [3.8, 4) is 0 Å². The fraction of sp³-hybridized carbons (Fsp3) is 0. The topological polar surface area (TPSA) is 46.2 Å². The zero-order chi connectivity index (χ0) is 14.2. The lowest BCUT2D eigenvalue weighted by molar-refractivity contribution is 0.603. The summed E-state index contributed by atoms with van der Waals surface area (Å²) in [4.78, 5) is 0. The van der Waals surface area contributed by atoms with E-state index in [9.17, 15) is 12.8 Å². The summed E-state index contributed by atoms with van der Waals surface area (Å²) in [6.07, 6.45) is 0. The van der Waals surface area contributed by atoms with Gasteiger partial charge < -0.3 is 0 Å². The van der Waals surface area contributed by atoms with E-state index in [0.29, 0.717) is 13.3 Å². The first-order chi connectivity index (χ1) is 8.79. The van der Waals surface area contributed by atoms with Crippen molar-refractivity contribution >= 4 is 70.5 Å². The Hall–Kier alpha value is -0.150. The fourth-order valence-corrected chi connectivity index (χ4v) is 5.29. The van der Waals surface area contributed by atoms with E-state index in [-0.39, 0.29) is 9.90 Å². The van der Waals surface area contributed by atoms with Gasteiger partial charge in [-0.05, 0) is 56.1 Å². The SMILES string of the molecule is O=S(=O)(Nc1ccc(F)cc1Br)c1cc(Cl)c(Br)s1. The Morgan fingerprint density at radius 1 is 1.26 bits per heavy atom. The normalized spacial score (nSPS) is 11.6. The molecule has 19 heavy (non-hydrogen) atoms. The molecule has 0 radical (unpaired) electrons. The molecule has 0 saturated heterocycles. The van der Waals surface area contributed by atoms with E-state index in [1.807, 2.05) is 0 Å². The molecular formula is C10H5Br2ClFNO2S2. The summed E-state index contributed by atoms with van der Waals surface area (Å²) < 4.78 is 40.4. The quantitative estimate of drug-likeness (QED) is 0.727. The Bertz CT molecular complexity index is 714. The van der Waals surface area contributed by atoms with E-state index < -0.39 is 15.8 Å². The molecule has 0 aliphatic carbocycles. The van der Waals surface area contributed by atoms with Gasteiger partial charge in [0.1, 0.15) is 10.0 Å².